The number of para-hydroxylation sites is 1. The van der Waals surface area contributed by atoms with E-state index in [-0.39, 0.29) is 12.3 Å². The van der Waals surface area contributed by atoms with E-state index in [4.69, 9.17) is 10.5 Å². The minimum Gasteiger partial charge on any atom is -0.355 e. The quantitative estimate of drug-likeness (QED) is 0.603. The van der Waals surface area contributed by atoms with Crippen molar-refractivity contribution in [2.24, 2.45) is 5.73 Å². The molecule has 0 aromatic heterocycles. The second-order valence-corrected chi connectivity index (χ2v) is 4.13. The smallest absolute Gasteiger partial charge is 0.274 e. The van der Waals surface area contributed by atoms with Crippen LogP contribution in [0.5, 0.6) is 0 Å². The van der Waals surface area contributed by atoms with Crippen LogP contribution in [0, 0.1) is 0 Å². The zero-order chi connectivity index (χ0) is 14.3. The summed E-state index contributed by atoms with van der Waals surface area (Å²) in [6.45, 7) is 7.63. The molecule has 0 heterocycles. The van der Waals surface area contributed by atoms with E-state index in [1.54, 1.807) is 17.1 Å². The van der Waals surface area contributed by atoms with Gasteiger partial charge in [-0.25, -0.2) is 0 Å². The van der Waals surface area contributed by atoms with Crippen molar-refractivity contribution in [1.82, 2.24) is 0 Å². The average Bonchev–Trinajstić information content (AvgIpc) is 2.45. The fourth-order valence-electron chi connectivity index (χ4n) is 1.74. The first-order valence-electron chi connectivity index (χ1n) is 6.02. The second kappa shape index (κ2) is 6.87. The van der Waals surface area contributed by atoms with Gasteiger partial charge >= 0.3 is 0 Å². The highest BCUT2D eigenvalue weighted by molar-refractivity contribution is 5.99. The van der Waals surface area contributed by atoms with Crippen LogP contribution < -0.4 is 10.6 Å². The SMILES string of the molecule is C=CCN(C(=O)C(N)(CC=C)OC)c1ccccc1. The van der Waals surface area contributed by atoms with Crippen LogP contribution in [0.2, 0.25) is 0 Å². The molecule has 19 heavy (non-hydrogen) atoms. The minimum absolute atomic E-state index is 0.239. The lowest BCUT2D eigenvalue weighted by molar-refractivity contribution is -0.139. The van der Waals surface area contributed by atoms with Crippen LogP contribution in [0.25, 0.3) is 0 Å². The van der Waals surface area contributed by atoms with E-state index in [9.17, 15) is 4.79 Å². The van der Waals surface area contributed by atoms with Gasteiger partial charge in [0.25, 0.3) is 5.91 Å². The molecule has 0 aliphatic rings. The van der Waals surface area contributed by atoms with Crippen LogP contribution in [-0.4, -0.2) is 25.3 Å². The van der Waals surface area contributed by atoms with Crippen molar-refractivity contribution in [1.29, 1.82) is 0 Å². The number of carbonyl (C=O) groups excluding carboxylic acids is 1. The predicted molar refractivity (Wildman–Crippen MR) is 77.7 cm³/mol. The zero-order valence-electron chi connectivity index (χ0n) is 11.2. The van der Waals surface area contributed by atoms with Gasteiger partial charge in [0.1, 0.15) is 0 Å². The molecule has 2 N–H and O–H groups in total. The maximum absolute atomic E-state index is 12.6. The molecule has 1 aromatic carbocycles. The number of hydrogen-bond acceptors (Lipinski definition) is 3. The topological polar surface area (TPSA) is 55.6 Å². The Balaban J connectivity index is 3.08. The Bertz CT molecular complexity index is 445. The van der Waals surface area contributed by atoms with E-state index in [2.05, 4.69) is 13.2 Å². The van der Waals surface area contributed by atoms with Crippen molar-refractivity contribution in [2.75, 3.05) is 18.6 Å². The fourth-order valence-corrected chi connectivity index (χ4v) is 1.74. The Hall–Kier alpha value is -1.91. The molecule has 1 aromatic rings. The molecule has 0 radical (unpaired) electrons. The van der Waals surface area contributed by atoms with E-state index in [0.29, 0.717) is 6.54 Å². The predicted octanol–water partition coefficient (Wildman–Crippen LogP) is 2.08. The molecule has 0 fully saturated rings. The molecular formula is C15H20N2O2. The first-order valence-corrected chi connectivity index (χ1v) is 6.02. The van der Waals surface area contributed by atoms with Gasteiger partial charge in [0.05, 0.1) is 0 Å². The third kappa shape index (κ3) is 3.53. The Morgan fingerprint density at radius 2 is 2.00 bits per heavy atom. The van der Waals surface area contributed by atoms with Gasteiger partial charge in [-0.15, -0.1) is 13.2 Å². The summed E-state index contributed by atoms with van der Waals surface area (Å²) in [6.07, 6.45) is 3.45. The van der Waals surface area contributed by atoms with Crippen molar-refractivity contribution < 1.29 is 9.53 Å². The Morgan fingerprint density at radius 1 is 1.37 bits per heavy atom. The van der Waals surface area contributed by atoms with Gasteiger partial charge in [-0.05, 0) is 12.1 Å². The molecular weight excluding hydrogens is 240 g/mol. The van der Waals surface area contributed by atoms with Crippen molar-refractivity contribution in [3.05, 3.63) is 55.6 Å². The number of rotatable bonds is 7. The summed E-state index contributed by atoms with van der Waals surface area (Å²) in [5.74, 6) is -0.319. The first-order chi connectivity index (χ1) is 9.09. The minimum atomic E-state index is -1.40. The molecule has 0 spiro atoms. The van der Waals surface area contributed by atoms with Gasteiger partial charge < -0.3 is 9.64 Å². The maximum atomic E-state index is 12.6. The normalized spacial score (nSPS) is 13.4. The highest BCUT2D eigenvalue weighted by Crippen LogP contribution is 2.20. The summed E-state index contributed by atoms with van der Waals surface area (Å²) in [6, 6.07) is 9.28. The number of hydrogen-bond donors (Lipinski definition) is 1. The van der Waals surface area contributed by atoms with Crippen LogP contribution in [-0.2, 0) is 9.53 Å². The molecule has 1 amide bonds. The lowest BCUT2D eigenvalue weighted by atomic mass is 10.1. The standard InChI is InChI=1S/C15H20N2O2/c1-4-11-15(16,19-3)14(18)17(12-5-2)13-9-7-6-8-10-13/h4-10H,1-2,11-12,16H2,3H3. The molecule has 0 bridgehead atoms. The molecule has 0 saturated heterocycles. The van der Waals surface area contributed by atoms with E-state index < -0.39 is 5.72 Å². The number of ether oxygens (including phenoxy) is 1. The fraction of sp³-hybridized carbons (Fsp3) is 0.267. The number of nitrogens with zero attached hydrogens (tertiary/aromatic N) is 1. The lowest BCUT2D eigenvalue weighted by Crippen LogP contribution is -2.56. The first kappa shape index (κ1) is 15.1. The van der Waals surface area contributed by atoms with Crippen LogP contribution in [0.4, 0.5) is 5.69 Å². The molecule has 0 aliphatic heterocycles. The van der Waals surface area contributed by atoms with Gasteiger partial charge in [-0.1, -0.05) is 30.4 Å². The molecule has 0 saturated carbocycles. The van der Waals surface area contributed by atoms with Gasteiger partial charge in [0.2, 0.25) is 0 Å². The molecule has 1 unspecified atom stereocenters. The summed E-state index contributed by atoms with van der Waals surface area (Å²) in [5, 5.41) is 0. The Morgan fingerprint density at radius 3 is 2.47 bits per heavy atom. The molecule has 4 heteroatoms. The van der Waals surface area contributed by atoms with Crippen LogP contribution in [0.15, 0.2) is 55.6 Å². The highest BCUT2D eigenvalue weighted by Gasteiger charge is 2.36. The Labute approximate surface area is 114 Å². The molecule has 4 nitrogen and oxygen atoms in total. The van der Waals surface area contributed by atoms with Crippen molar-refractivity contribution >= 4 is 11.6 Å². The van der Waals surface area contributed by atoms with E-state index >= 15 is 0 Å². The van der Waals surface area contributed by atoms with Crippen LogP contribution >= 0.6 is 0 Å². The summed E-state index contributed by atoms with van der Waals surface area (Å²) >= 11 is 0. The highest BCUT2D eigenvalue weighted by atomic mass is 16.5. The third-order valence-electron chi connectivity index (χ3n) is 2.80. The van der Waals surface area contributed by atoms with Gasteiger partial charge in [0, 0.05) is 25.8 Å². The Kier molecular flexibility index (Phi) is 5.48. The lowest BCUT2D eigenvalue weighted by Gasteiger charge is -2.32. The number of methoxy groups -OCH3 is 1. The van der Waals surface area contributed by atoms with E-state index in [1.165, 1.54) is 7.11 Å². The van der Waals surface area contributed by atoms with Gasteiger partial charge in [-0.3, -0.25) is 10.5 Å². The summed E-state index contributed by atoms with van der Waals surface area (Å²) in [7, 11) is 1.42. The zero-order valence-corrected chi connectivity index (χ0v) is 11.2. The largest absolute Gasteiger partial charge is 0.355 e. The monoisotopic (exact) mass is 260 g/mol. The summed E-state index contributed by atoms with van der Waals surface area (Å²) < 4.78 is 5.17. The molecule has 1 atom stereocenters. The number of carbonyl (C=O) groups is 1. The van der Waals surface area contributed by atoms with Crippen molar-refractivity contribution in [2.45, 2.75) is 12.1 Å². The molecule has 1 rings (SSSR count). The molecule has 102 valence electrons. The van der Waals surface area contributed by atoms with Crippen LogP contribution in [0.3, 0.4) is 0 Å². The third-order valence-corrected chi connectivity index (χ3v) is 2.80. The summed E-state index contributed by atoms with van der Waals surface area (Å²) in [4.78, 5) is 14.1. The number of amides is 1. The maximum Gasteiger partial charge on any atom is 0.274 e. The number of nitrogens with two attached hydrogens (primary N) is 1. The van der Waals surface area contributed by atoms with E-state index in [0.717, 1.165) is 5.69 Å². The van der Waals surface area contributed by atoms with Crippen molar-refractivity contribution in [3.63, 3.8) is 0 Å². The van der Waals surface area contributed by atoms with Crippen LogP contribution in [0.1, 0.15) is 6.42 Å². The average molecular weight is 260 g/mol. The number of anilines is 1. The summed E-state index contributed by atoms with van der Waals surface area (Å²) in [5.41, 5.74) is 5.35. The van der Waals surface area contributed by atoms with Gasteiger partial charge in [0.15, 0.2) is 5.72 Å². The second-order valence-electron chi connectivity index (χ2n) is 4.13. The van der Waals surface area contributed by atoms with E-state index in [1.807, 2.05) is 30.3 Å². The van der Waals surface area contributed by atoms with Crippen molar-refractivity contribution in [3.8, 4) is 0 Å². The molecule has 0 aliphatic carbocycles. The number of benzene rings is 1. The van der Waals surface area contributed by atoms with Gasteiger partial charge in [-0.2, -0.15) is 0 Å².